The van der Waals surface area contributed by atoms with Crippen molar-refractivity contribution in [2.24, 2.45) is 0 Å². The number of ether oxygens (including phenoxy) is 2. The van der Waals surface area contributed by atoms with Crippen LogP contribution in [0.5, 0.6) is 0 Å². The summed E-state index contributed by atoms with van der Waals surface area (Å²) in [6, 6.07) is 13.0. The molecule has 38 heavy (non-hydrogen) atoms. The Balaban J connectivity index is 1.70. The second-order valence-corrected chi connectivity index (χ2v) is 10.3. The highest BCUT2D eigenvalue weighted by Gasteiger charge is 2.30. The Morgan fingerprint density at radius 2 is 1.74 bits per heavy atom. The van der Waals surface area contributed by atoms with Crippen LogP contribution in [0.2, 0.25) is 0 Å². The molecular formula is C29H32N4O5. The molecule has 1 aliphatic heterocycles. The van der Waals surface area contributed by atoms with E-state index in [9.17, 15) is 14.4 Å². The van der Waals surface area contributed by atoms with E-state index in [2.05, 4.69) is 16.5 Å². The Labute approximate surface area is 221 Å². The topological polar surface area (TPSA) is 125 Å². The summed E-state index contributed by atoms with van der Waals surface area (Å²) < 4.78 is 10.7. The minimum Gasteiger partial charge on any atom is -0.466 e. The maximum atomic E-state index is 13.6. The van der Waals surface area contributed by atoms with E-state index in [1.165, 1.54) is 0 Å². The fourth-order valence-electron chi connectivity index (χ4n) is 4.43. The molecule has 1 aliphatic rings. The molecule has 2 aromatic carbocycles. The van der Waals surface area contributed by atoms with Crippen molar-refractivity contribution in [3.8, 4) is 0 Å². The van der Waals surface area contributed by atoms with E-state index in [-0.39, 0.29) is 36.2 Å². The quantitative estimate of drug-likeness (QED) is 0.364. The van der Waals surface area contributed by atoms with Crippen molar-refractivity contribution < 1.29 is 23.9 Å². The Bertz CT molecular complexity index is 1400. The summed E-state index contributed by atoms with van der Waals surface area (Å²) in [5.74, 6) is -2.27. The van der Waals surface area contributed by atoms with Gasteiger partial charge in [-0.05, 0) is 62.9 Å². The Morgan fingerprint density at radius 1 is 1.08 bits per heavy atom. The molecule has 2 heterocycles. The van der Waals surface area contributed by atoms with E-state index in [0.29, 0.717) is 29.6 Å². The van der Waals surface area contributed by atoms with Gasteiger partial charge in [-0.3, -0.25) is 9.59 Å². The summed E-state index contributed by atoms with van der Waals surface area (Å²) in [6.45, 7) is 11.9. The number of hydrogen-bond acceptors (Lipinski definition) is 8. The molecule has 1 unspecified atom stereocenters. The summed E-state index contributed by atoms with van der Waals surface area (Å²) in [5.41, 5.74) is 8.69. The molecule has 1 aromatic heterocycles. The van der Waals surface area contributed by atoms with Crippen molar-refractivity contribution in [2.75, 3.05) is 12.3 Å². The van der Waals surface area contributed by atoms with Gasteiger partial charge in [-0.15, -0.1) is 0 Å². The molecule has 9 heteroatoms. The molecule has 0 saturated carbocycles. The van der Waals surface area contributed by atoms with Gasteiger partial charge in [0.15, 0.2) is 0 Å². The van der Waals surface area contributed by atoms with Crippen LogP contribution in [0.1, 0.15) is 67.2 Å². The van der Waals surface area contributed by atoms with Gasteiger partial charge >= 0.3 is 11.9 Å². The van der Waals surface area contributed by atoms with Crippen molar-refractivity contribution in [1.29, 1.82) is 0 Å². The van der Waals surface area contributed by atoms with Gasteiger partial charge in [-0.25, -0.2) is 14.8 Å². The average Bonchev–Trinajstić information content (AvgIpc) is 3.29. The third-order valence-electron chi connectivity index (χ3n) is 6.18. The molecule has 1 atom stereocenters. The number of esters is 2. The number of hydrogen-bond donors (Lipinski definition) is 1. The molecule has 0 spiro atoms. The van der Waals surface area contributed by atoms with Crippen LogP contribution in [0.3, 0.4) is 0 Å². The maximum absolute atomic E-state index is 13.6. The number of nitrogens with two attached hydrogens (primary N) is 1. The molecule has 198 valence electrons. The van der Waals surface area contributed by atoms with Crippen molar-refractivity contribution in [3.05, 3.63) is 77.0 Å². The maximum Gasteiger partial charge on any atom is 0.333 e. The Kier molecular flexibility index (Phi) is 7.48. The van der Waals surface area contributed by atoms with E-state index in [1.54, 1.807) is 50.8 Å². The highest BCUT2D eigenvalue weighted by Crippen LogP contribution is 2.31. The third-order valence-corrected chi connectivity index (χ3v) is 6.18. The van der Waals surface area contributed by atoms with Crippen LogP contribution in [0.15, 0.2) is 54.6 Å². The van der Waals surface area contributed by atoms with Crippen LogP contribution in [-0.4, -0.2) is 44.9 Å². The molecule has 0 saturated heterocycles. The van der Waals surface area contributed by atoms with Gasteiger partial charge in [0.25, 0.3) is 5.91 Å². The zero-order valence-electron chi connectivity index (χ0n) is 22.1. The number of anilines is 1. The first-order chi connectivity index (χ1) is 18.0. The van der Waals surface area contributed by atoms with Gasteiger partial charge in [0, 0.05) is 24.0 Å². The highest BCUT2D eigenvalue weighted by atomic mass is 16.6. The largest absolute Gasteiger partial charge is 0.466 e. The number of amides is 1. The molecule has 4 rings (SSSR count). The molecule has 1 amide bonds. The predicted molar refractivity (Wildman–Crippen MR) is 143 cm³/mol. The molecule has 0 bridgehead atoms. The van der Waals surface area contributed by atoms with E-state index in [4.69, 9.17) is 15.2 Å². The minimum absolute atomic E-state index is 0.0141. The second kappa shape index (κ2) is 10.6. The minimum atomic E-state index is -0.851. The number of nitrogen functional groups attached to an aromatic ring is 1. The third kappa shape index (κ3) is 5.82. The van der Waals surface area contributed by atoms with Gasteiger partial charge in [-0.1, -0.05) is 36.9 Å². The van der Waals surface area contributed by atoms with Crippen molar-refractivity contribution in [2.45, 2.75) is 58.7 Å². The number of carbonyl (C=O) groups excluding carboxylic acids is 3. The molecule has 0 radical (unpaired) electrons. The lowest BCUT2D eigenvalue weighted by Gasteiger charge is -2.22. The number of benzene rings is 2. The van der Waals surface area contributed by atoms with Gasteiger partial charge in [0.2, 0.25) is 5.95 Å². The van der Waals surface area contributed by atoms with Crippen LogP contribution in [0.25, 0.3) is 10.9 Å². The molecule has 2 N–H and O–H groups in total. The number of fused-ring (bicyclic) bond motifs is 2. The van der Waals surface area contributed by atoms with E-state index < -0.39 is 23.5 Å². The average molecular weight is 517 g/mol. The van der Waals surface area contributed by atoms with Crippen LogP contribution in [0, 0.1) is 0 Å². The fourth-order valence-corrected chi connectivity index (χ4v) is 4.43. The predicted octanol–water partition coefficient (Wildman–Crippen LogP) is 4.30. The van der Waals surface area contributed by atoms with Gasteiger partial charge < -0.3 is 20.1 Å². The van der Waals surface area contributed by atoms with Gasteiger partial charge in [-0.2, -0.15) is 0 Å². The smallest absolute Gasteiger partial charge is 0.333 e. The van der Waals surface area contributed by atoms with E-state index in [1.807, 2.05) is 24.3 Å². The van der Waals surface area contributed by atoms with Crippen molar-refractivity contribution in [3.63, 3.8) is 0 Å². The molecule has 0 fully saturated rings. The summed E-state index contributed by atoms with van der Waals surface area (Å²) >= 11 is 0. The molecule has 0 aliphatic carbocycles. The fraction of sp³-hybridized carbons (Fsp3) is 0.345. The van der Waals surface area contributed by atoms with Gasteiger partial charge in [0.1, 0.15) is 11.3 Å². The van der Waals surface area contributed by atoms with Crippen LogP contribution in [0.4, 0.5) is 5.95 Å². The van der Waals surface area contributed by atoms with Crippen LogP contribution < -0.4 is 5.73 Å². The molecule has 9 nitrogen and oxygen atoms in total. The lowest BCUT2D eigenvalue weighted by molar-refractivity contribution is -0.150. The SMILES string of the molecule is C=C(CC(C(=O)OCC)c1ccc2nc(N)nc(C(=O)N3Cc4ccccc4C3)c2c1)C(=O)OC(C)(C)C. The normalized spacial score (nSPS) is 13.6. The summed E-state index contributed by atoms with van der Waals surface area (Å²) in [5, 5.41) is 0.454. The zero-order chi connectivity index (χ0) is 27.6. The van der Waals surface area contributed by atoms with Gasteiger partial charge in [0.05, 0.1) is 18.0 Å². The number of aromatic nitrogens is 2. The lowest BCUT2D eigenvalue weighted by Crippen LogP contribution is -2.27. The van der Waals surface area contributed by atoms with Crippen LogP contribution >= 0.6 is 0 Å². The monoisotopic (exact) mass is 516 g/mol. The first kappa shape index (κ1) is 26.8. The first-order valence-corrected chi connectivity index (χ1v) is 12.5. The zero-order valence-corrected chi connectivity index (χ0v) is 22.1. The van der Waals surface area contributed by atoms with Crippen molar-refractivity contribution >= 4 is 34.7 Å². The molecular weight excluding hydrogens is 484 g/mol. The molecule has 3 aromatic rings. The summed E-state index contributed by atoms with van der Waals surface area (Å²) in [4.78, 5) is 49.5. The number of rotatable bonds is 7. The number of nitrogens with zero attached hydrogens (tertiary/aromatic N) is 3. The summed E-state index contributed by atoms with van der Waals surface area (Å²) in [7, 11) is 0. The lowest BCUT2D eigenvalue weighted by atomic mass is 9.91. The van der Waals surface area contributed by atoms with E-state index in [0.717, 1.165) is 11.1 Å². The first-order valence-electron chi connectivity index (χ1n) is 12.5. The van der Waals surface area contributed by atoms with Crippen LogP contribution in [-0.2, 0) is 32.2 Å². The summed E-state index contributed by atoms with van der Waals surface area (Å²) in [6.07, 6.45) is -0.0141. The highest BCUT2D eigenvalue weighted by molar-refractivity contribution is 6.05. The Hall–Kier alpha value is -4.27. The number of carbonyl (C=O) groups is 3. The second-order valence-electron chi connectivity index (χ2n) is 10.3. The van der Waals surface area contributed by atoms with E-state index >= 15 is 0 Å². The standard InChI is InChI=1S/C29H32N4O5/c1-6-37-27(36)21(13-17(2)26(35)38-29(3,4)5)18-11-12-23-22(14-18)24(32-28(30)31-23)25(34)33-15-19-9-7-8-10-20(19)16-33/h7-12,14,21H,2,6,13,15-16H2,1,3-5H3,(H2,30,31,32). The van der Waals surface area contributed by atoms with Crippen molar-refractivity contribution in [1.82, 2.24) is 14.9 Å². The Morgan fingerprint density at radius 3 is 2.34 bits per heavy atom.